The molecule has 1 unspecified atom stereocenters. The third-order valence-electron chi connectivity index (χ3n) is 6.77. The minimum absolute atomic E-state index is 0.248. The summed E-state index contributed by atoms with van der Waals surface area (Å²) in [6, 6.07) is 15.9. The lowest BCUT2D eigenvalue weighted by Crippen LogP contribution is -2.33. The number of benzene rings is 2. The molecule has 3 nitrogen and oxygen atoms in total. The molecule has 0 spiro atoms. The van der Waals surface area contributed by atoms with Crippen LogP contribution in [0.2, 0.25) is 0 Å². The second kappa shape index (κ2) is 9.23. The highest BCUT2D eigenvalue weighted by Gasteiger charge is 2.25. The predicted octanol–water partition coefficient (Wildman–Crippen LogP) is 4.96. The molecular formula is C26H34N2O. The van der Waals surface area contributed by atoms with E-state index in [1.54, 1.807) is 6.92 Å². The third-order valence-corrected chi connectivity index (χ3v) is 6.77. The zero-order valence-corrected chi connectivity index (χ0v) is 17.9. The summed E-state index contributed by atoms with van der Waals surface area (Å²) < 4.78 is 0. The molecule has 2 heterocycles. The van der Waals surface area contributed by atoms with E-state index < -0.39 is 0 Å². The van der Waals surface area contributed by atoms with Gasteiger partial charge in [-0.05, 0) is 86.4 Å². The lowest BCUT2D eigenvalue weighted by molar-refractivity contribution is -0.116. The van der Waals surface area contributed by atoms with Crippen molar-refractivity contribution in [2.24, 2.45) is 5.92 Å². The highest BCUT2D eigenvalue weighted by atomic mass is 16.1. The van der Waals surface area contributed by atoms with Gasteiger partial charge in [0.05, 0.1) is 0 Å². The second-order valence-electron chi connectivity index (χ2n) is 9.07. The van der Waals surface area contributed by atoms with Gasteiger partial charge in [-0.3, -0.25) is 9.69 Å². The standard InChI is InChI=1S/C26H34N2O/c1-19-14-24-17-27-26(25(24)16-23(19)15-20(2)29)9-8-21-10-12-28(13-11-21)18-22-6-4-3-5-7-22/h3-7,14,16,21,26-27H,8-13,15,17-18H2,1-2H3. The van der Waals surface area contributed by atoms with Crippen LogP contribution in [0, 0.1) is 12.8 Å². The molecule has 1 fully saturated rings. The lowest BCUT2D eigenvalue weighted by Gasteiger charge is -2.32. The maximum absolute atomic E-state index is 11.6. The monoisotopic (exact) mass is 390 g/mol. The van der Waals surface area contributed by atoms with Crippen LogP contribution in [0.15, 0.2) is 42.5 Å². The van der Waals surface area contributed by atoms with E-state index >= 15 is 0 Å². The number of likely N-dealkylation sites (tertiary alicyclic amines) is 1. The number of carbonyl (C=O) groups excluding carboxylic acids is 1. The number of carbonyl (C=O) groups is 1. The van der Waals surface area contributed by atoms with E-state index in [1.165, 1.54) is 66.6 Å². The van der Waals surface area contributed by atoms with Gasteiger partial charge in [-0.1, -0.05) is 42.5 Å². The van der Waals surface area contributed by atoms with Gasteiger partial charge in [-0.15, -0.1) is 0 Å². The zero-order valence-electron chi connectivity index (χ0n) is 17.9. The minimum atomic E-state index is 0.248. The normalized spacial score (nSPS) is 20.0. The number of ketones is 1. The largest absolute Gasteiger partial charge is 0.306 e. The average Bonchev–Trinajstić information content (AvgIpc) is 3.10. The number of rotatable bonds is 7. The number of aryl methyl sites for hydroxylation is 1. The topological polar surface area (TPSA) is 32.3 Å². The first-order chi connectivity index (χ1) is 14.1. The summed E-state index contributed by atoms with van der Waals surface area (Å²) >= 11 is 0. The van der Waals surface area contributed by atoms with E-state index in [0.717, 1.165) is 19.0 Å². The van der Waals surface area contributed by atoms with Crippen LogP contribution in [-0.2, 0) is 24.3 Å². The summed E-state index contributed by atoms with van der Waals surface area (Å²) in [6.07, 6.45) is 5.70. The lowest BCUT2D eigenvalue weighted by atomic mass is 9.88. The van der Waals surface area contributed by atoms with Crippen molar-refractivity contribution in [3.63, 3.8) is 0 Å². The Kier molecular flexibility index (Phi) is 6.46. The van der Waals surface area contributed by atoms with Crippen molar-refractivity contribution < 1.29 is 4.79 Å². The first-order valence-corrected chi connectivity index (χ1v) is 11.2. The molecule has 2 aliphatic heterocycles. The Balaban J connectivity index is 1.28. The fourth-order valence-corrected chi connectivity index (χ4v) is 5.05. The molecule has 0 aliphatic carbocycles. The van der Waals surface area contributed by atoms with E-state index in [-0.39, 0.29) is 5.78 Å². The van der Waals surface area contributed by atoms with Crippen molar-refractivity contribution in [3.05, 3.63) is 70.3 Å². The maximum atomic E-state index is 11.6. The minimum Gasteiger partial charge on any atom is -0.306 e. The summed E-state index contributed by atoms with van der Waals surface area (Å²) in [5, 5.41) is 3.72. The van der Waals surface area contributed by atoms with Gasteiger partial charge >= 0.3 is 0 Å². The van der Waals surface area contributed by atoms with Gasteiger partial charge in [0, 0.05) is 25.6 Å². The molecule has 3 heteroatoms. The highest BCUT2D eigenvalue weighted by molar-refractivity contribution is 5.78. The fraction of sp³-hybridized carbons (Fsp3) is 0.500. The molecule has 1 atom stereocenters. The van der Waals surface area contributed by atoms with Crippen molar-refractivity contribution in [2.45, 2.75) is 65.1 Å². The molecule has 1 N–H and O–H groups in total. The van der Waals surface area contributed by atoms with E-state index in [0.29, 0.717) is 12.5 Å². The van der Waals surface area contributed by atoms with Crippen molar-refractivity contribution in [2.75, 3.05) is 13.1 Å². The molecule has 2 aliphatic rings. The highest BCUT2D eigenvalue weighted by Crippen LogP contribution is 2.34. The van der Waals surface area contributed by atoms with E-state index in [4.69, 9.17) is 0 Å². The van der Waals surface area contributed by atoms with Crippen LogP contribution in [0.3, 0.4) is 0 Å². The van der Waals surface area contributed by atoms with Gasteiger partial charge in [-0.2, -0.15) is 0 Å². The van der Waals surface area contributed by atoms with Gasteiger partial charge in [0.2, 0.25) is 0 Å². The number of piperidine rings is 1. The number of nitrogens with one attached hydrogen (secondary N) is 1. The Morgan fingerprint density at radius 1 is 1.10 bits per heavy atom. The SMILES string of the molecule is CC(=O)Cc1cc2c(cc1C)CNC2CCC1CCN(Cc2ccccc2)CC1. The Morgan fingerprint density at radius 3 is 2.59 bits per heavy atom. The summed E-state index contributed by atoms with van der Waals surface area (Å²) in [5.41, 5.74) is 6.76. The number of fused-ring (bicyclic) bond motifs is 1. The Morgan fingerprint density at radius 2 is 1.86 bits per heavy atom. The molecule has 0 radical (unpaired) electrons. The smallest absolute Gasteiger partial charge is 0.134 e. The Hall–Kier alpha value is -1.97. The van der Waals surface area contributed by atoms with E-state index in [1.807, 2.05) is 0 Å². The van der Waals surface area contributed by atoms with Crippen LogP contribution in [0.5, 0.6) is 0 Å². The number of Topliss-reactive ketones (excluding diaryl/α,β-unsaturated/α-hetero) is 1. The Bertz CT molecular complexity index is 837. The first-order valence-electron chi connectivity index (χ1n) is 11.2. The summed E-state index contributed by atoms with van der Waals surface area (Å²) in [7, 11) is 0. The van der Waals surface area contributed by atoms with Crippen LogP contribution in [0.25, 0.3) is 0 Å². The quantitative estimate of drug-likeness (QED) is 0.725. The van der Waals surface area contributed by atoms with Crippen molar-refractivity contribution in [3.8, 4) is 0 Å². The molecule has 4 rings (SSSR count). The number of nitrogens with zero attached hydrogens (tertiary/aromatic N) is 1. The van der Waals surface area contributed by atoms with Crippen molar-refractivity contribution in [1.29, 1.82) is 0 Å². The van der Waals surface area contributed by atoms with Gasteiger partial charge in [0.15, 0.2) is 0 Å². The number of hydrogen-bond donors (Lipinski definition) is 1. The van der Waals surface area contributed by atoms with Gasteiger partial charge in [-0.25, -0.2) is 0 Å². The molecule has 0 saturated carbocycles. The van der Waals surface area contributed by atoms with E-state index in [9.17, 15) is 4.79 Å². The molecular weight excluding hydrogens is 356 g/mol. The van der Waals surface area contributed by atoms with Gasteiger partial charge in [0.1, 0.15) is 5.78 Å². The summed E-state index contributed by atoms with van der Waals surface area (Å²) in [6.45, 7) is 8.31. The molecule has 0 aromatic heterocycles. The zero-order chi connectivity index (χ0) is 20.2. The molecule has 2 aromatic carbocycles. The van der Waals surface area contributed by atoms with Crippen LogP contribution < -0.4 is 5.32 Å². The maximum Gasteiger partial charge on any atom is 0.134 e. The molecule has 0 amide bonds. The summed E-state index contributed by atoms with van der Waals surface area (Å²) in [4.78, 5) is 14.2. The van der Waals surface area contributed by atoms with Gasteiger partial charge < -0.3 is 5.32 Å². The Labute approximate surface area is 175 Å². The van der Waals surface area contributed by atoms with Crippen molar-refractivity contribution >= 4 is 5.78 Å². The van der Waals surface area contributed by atoms with Gasteiger partial charge in [0.25, 0.3) is 0 Å². The van der Waals surface area contributed by atoms with Crippen LogP contribution in [-0.4, -0.2) is 23.8 Å². The second-order valence-corrected chi connectivity index (χ2v) is 9.07. The van der Waals surface area contributed by atoms with Crippen LogP contribution in [0.1, 0.15) is 66.5 Å². The summed E-state index contributed by atoms with van der Waals surface area (Å²) in [5.74, 6) is 1.09. The fourth-order valence-electron chi connectivity index (χ4n) is 5.05. The van der Waals surface area contributed by atoms with Crippen LogP contribution >= 0.6 is 0 Å². The third kappa shape index (κ3) is 5.15. The van der Waals surface area contributed by atoms with Crippen molar-refractivity contribution in [1.82, 2.24) is 10.2 Å². The average molecular weight is 391 g/mol. The molecule has 2 aromatic rings. The molecule has 0 bridgehead atoms. The molecule has 154 valence electrons. The molecule has 29 heavy (non-hydrogen) atoms. The van der Waals surface area contributed by atoms with Crippen LogP contribution in [0.4, 0.5) is 0 Å². The molecule has 1 saturated heterocycles. The first kappa shape index (κ1) is 20.3. The van der Waals surface area contributed by atoms with E-state index in [2.05, 4.69) is 59.6 Å². The number of hydrogen-bond acceptors (Lipinski definition) is 3. The predicted molar refractivity (Wildman–Crippen MR) is 119 cm³/mol.